The molecule has 0 aromatic rings. The van der Waals surface area contributed by atoms with Gasteiger partial charge in [0.1, 0.15) is 0 Å². The molecule has 2 N–H and O–H groups in total. The molecule has 0 aromatic heterocycles. The number of nitrogens with one attached hydrogen (secondary N) is 2. The van der Waals surface area contributed by atoms with E-state index < -0.39 is 0 Å². The summed E-state index contributed by atoms with van der Waals surface area (Å²) in [4.78, 5) is 22.1. The molecule has 0 aromatic carbocycles. The number of carbonyl (C=O) groups is 2. The summed E-state index contributed by atoms with van der Waals surface area (Å²) >= 11 is 3.65. The van der Waals surface area contributed by atoms with Gasteiger partial charge in [-0.3, -0.25) is 9.59 Å². The molecular weight excluding hydrogens is 494 g/mol. The zero-order valence-electron chi connectivity index (χ0n) is 12.2. The van der Waals surface area contributed by atoms with Gasteiger partial charge in [-0.1, -0.05) is 0 Å². The summed E-state index contributed by atoms with van der Waals surface area (Å²) in [6.45, 7) is 0. The van der Waals surface area contributed by atoms with E-state index in [1.165, 1.54) is 32.1 Å². The molecule has 21 heavy (non-hydrogen) atoms. The first-order valence-electron chi connectivity index (χ1n) is 7.95. The van der Waals surface area contributed by atoms with Crippen LogP contribution in [0.5, 0.6) is 0 Å². The number of hydrogen-bond donors (Lipinski definition) is 2. The number of hydrogen-bond acceptors (Lipinski definition) is 2. The van der Waals surface area contributed by atoms with Crippen LogP contribution in [0.1, 0.15) is 57.8 Å². The van der Waals surface area contributed by atoms with Crippen molar-refractivity contribution < 1.29 is 9.59 Å². The van der Waals surface area contributed by atoms with Crippen molar-refractivity contribution in [2.24, 2.45) is 11.8 Å². The molecule has 2 fully saturated rings. The molecule has 2 saturated carbocycles. The third kappa shape index (κ3) is 6.58. The van der Waals surface area contributed by atoms with Crippen LogP contribution >= 0.6 is 45.2 Å². The summed E-state index contributed by atoms with van der Waals surface area (Å²) in [5.74, 6) is 1.68. The molecule has 2 amide bonds. The standard InChI is InChI=1S/C15H24I2N2O2/c16-14(20)18-12-5-1-10(2-6-12)9-11-3-7-13(8-4-11)19-15(17)21/h10-13H,1-9H2,(H,18,20)(H,19,21). The minimum absolute atomic E-state index is 0.0756. The van der Waals surface area contributed by atoms with Gasteiger partial charge in [-0.05, 0) is 69.6 Å². The van der Waals surface area contributed by atoms with Gasteiger partial charge >= 0.3 is 0 Å². The Balaban J connectivity index is 1.64. The Morgan fingerprint density at radius 3 is 1.33 bits per heavy atom. The van der Waals surface area contributed by atoms with Crippen LogP contribution < -0.4 is 10.6 Å². The van der Waals surface area contributed by atoms with Gasteiger partial charge in [0.15, 0.2) is 0 Å². The molecular formula is C15H24I2N2O2. The largest absolute Gasteiger partial charge is 0.345 e. The van der Waals surface area contributed by atoms with E-state index in [4.69, 9.17) is 0 Å². The highest BCUT2D eigenvalue weighted by Gasteiger charge is 2.27. The van der Waals surface area contributed by atoms with Crippen LogP contribution in [0.25, 0.3) is 0 Å². The lowest BCUT2D eigenvalue weighted by Crippen LogP contribution is -2.36. The molecule has 0 radical (unpaired) electrons. The van der Waals surface area contributed by atoms with Crippen molar-refractivity contribution >= 4 is 53.0 Å². The highest BCUT2D eigenvalue weighted by Crippen LogP contribution is 2.35. The van der Waals surface area contributed by atoms with E-state index >= 15 is 0 Å². The van der Waals surface area contributed by atoms with Gasteiger partial charge in [-0.15, -0.1) is 0 Å². The fourth-order valence-electron chi connectivity index (χ4n) is 3.88. The summed E-state index contributed by atoms with van der Waals surface area (Å²) in [6.07, 6.45) is 10.9. The fourth-order valence-corrected chi connectivity index (χ4v) is 4.76. The maximum atomic E-state index is 11.1. The molecule has 0 spiro atoms. The topological polar surface area (TPSA) is 58.2 Å². The van der Waals surface area contributed by atoms with Gasteiger partial charge < -0.3 is 10.6 Å². The second kappa shape index (κ2) is 8.88. The van der Waals surface area contributed by atoms with E-state index in [9.17, 15) is 9.59 Å². The van der Waals surface area contributed by atoms with Gasteiger partial charge in [-0.25, -0.2) is 0 Å². The molecule has 0 bridgehead atoms. The van der Waals surface area contributed by atoms with Crippen molar-refractivity contribution in [2.75, 3.05) is 0 Å². The predicted octanol–water partition coefficient (Wildman–Crippen LogP) is 4.78. The van der Waals surface area contributed by atoms with Crippen LogP contribution in [0.15, 0.2) is 0 Å². The molecule has 4 nitrogen and oxygen atoms in total. The fraction of sp³-hybridized carbons (Fsp3) is 0.867. The smallest absolute Gasteiger partial charge is 0.280 e. The van der Waals surface area contributed by atoms with Crippen LogP contribution in [0, 0.1) is 11.8 Å². The number of carbonyl (C=O) groups excluding carboxylic acids is 2. The summed E-state index contributed by atoms with van der Waals surface area (Å²) in [5.41, 5.74) is 0. The van der Waals surface area contributed by atoms with Gasteiger partial charge in [0.2, 0.25) is 0 Å². The second-order valence-electron chi connectivity index (χ2n) is 6.51. The molecule has 2 aliphatic rings. The van der Waals surface area contributed by atoms with Crippen LogP contribution in [0.4, 0.5) is 9.59 Å². The average Bonchev–Trinajstić information content (AvgIpc) is 2.42. The Morgan fingerprint density at radius 2 is 1.05 bits per heavy atom. The molecule has 2 rings (SSSR count). The zero-order chi connectivity index (χ0) is 15.2. The Morgan fingerprint density at radius 1 is 0.714 bits per heavy atom. The molecule has 0 heterocycles. The lowest BCUT2D eigenvalue weighted by Gasteiger charge is -2.34. The Bertz CT molecular complexity index is 329. The molecule has 0 saturated heterocycles. The van der Waals surface area contributed by atoms with E-state index in [-0.39, 0.29) is 7.83 Å². The monoisotopic (exact) mass is 518 g/mol. The summed E-state index contributed by atoms with van der Waals surface area (Å²) in [5, 5.41) is 6.07. The number of halogens is 2. The van der Waals surface area contributed by atoms with Crippen molar-refractivity contribution in [3.8, 4) is 0 Å². The van der Waals surface area contributed by atoms with Crippen molar-refractivity contribution in [3.63, 3.8) is 0 Å². The highest BCUT2D eigenvalue weighted by molar-refractivity contribution is 14.1. The number of amides is 2. The minimum Gasteiger partial charge on any atom is -0.345 e. The van der Waals surface area contributed by atoms with Gasteiger partial charge in [0, 0.05) is 57.3 Å². The highest BCUT2D eigenvalue weighted by atomic mass is 127. The van der Waals surface area contributed by atoms with Crippen LogP contribution in [0.3, 0.4) is 0 Å². The first-order valence-corrected chi connectivity index (χ1v) is 10.1. The minimum atomic E-state index is 0.0756. The lowest BCUT2D eigenvalue weighted by molar-refractivity contribution is 0.207. The summed E-state index contributed by atoms with van der Waals surface area (Å²) in [6, 6.07) is 0.806. The Hall–Kier alpha value is 0.400. The zero-order valence-corrected chi connectivity index (χ0v) is 16.6. The van der Waals surface area contributed by atoms with Crippen molar-refractivity contribution in [3.05, 3.63) is 0 Å². The molecule has 0 unspecified atom stereocenters. The Labute approximate surface area is 154 Å². The van der Waals surface area contributed by atoms with Crippen LogP contribution in [0.2, 0.25) is 0 Å². The van der Waals surface area contributed by atoms with Crippen molar-refractivity contribution in [1.82, 2.24) is 10.6 Å². The van der Waals surface area contributed by atoms with Gasteiger partial charge in [0.25, 0.3) is 7.83 Å². The Kier molecular flexibility index (Phi) is 7.51. The third-order valence-corrected chi connectivity index (χ3v) is 5.62. The normalized spacial score (nSPS) is 33.2. The van der Waals surface area contributed by atoms with E-state index in [1.54, 1.807) is 0 Å². The summed E-state index contributed by atoms with van der Waals surface area (Å²) < 4.78 is 0.151. The molecule has 2 aliphatic carbocycles. The van der Waals surface area contributed by atoms with Crippen molar-refractivity contribution in [2.45, 2.75) is 69.9 Å². The molecule has 120 valence electrons. The lowest BCUT2D eigenvalue weighted by atomic mass is 9.76. The maximum Gasteiger partial charge on any atom is 0.280 e. The average molecular weight is 518 g/mol. The van der Waals surface area contributed by atoms with Crippen LogP contribution in [-0.4, -0.2) is 19.9 Å². The van der Waals surface area contributed by atoms with Gasteiger partial charge in [-0.2, -0.15) is 0 Å². The van der Waals surface area contributed by atoms with E-state index in [0.717, 1.165) is 37.5 Å². The predicted molar refractivity (Wildman–Crippen MR) is 101 cm³/mol. The second-order valence-corrected chi connectivity index (χ2v) is 8.47. The summed E-state index contributed by atoms with van der Waals surface area (Å²) in [7, 11) is 0. The molecule has 0 atom stereocenters. The molecule has 6 heteroatoms. The SMILES string of the molecule is O=C(I)NC1CCC(CC2CCC(NC(=O)I)CC2)CC1. The third-order valence-electron chi connectivity index (χ3n) is 5.00. The van der Waals surface area contributed by atoms with Gasteiger partial charge in [0.05, 0.1) is 0 Å². The maximum absolute atomic E-state index is 11.1. The van der Waals surface area contributed by atoms with E-state index in [2.05, 4.69) is 10.6 Å². The van der Waals surface area contributed by atoms with E-state index in [1.807, 2.05) is 45.2 Å². The van der Waals surface area contributed by atoms with Crippen LogP contribution in [-0.2, 0) is 0 Å². The number of rotatable bonds is 4. The van der Waals surface area contributed by atoms with Crippen molar-refractivity contribution in [1.29, 1.82) is 0 Å². The van der Waals surface area contributed by atoms with E-state index in [0.29, 0.717) is 12.1 Å². The molecule has 0 aliphatic heterocycles. The quantitative estimate of drug-likeness (QED) is 0.320. The first kappa shape index (κ1) is 17.7. The first-order chi connectivity index (χ1) is 10.0.